The summed E-state index contributed by atoms with van der Waals surface area (Å²) in [6.45, 7) is 3.85. The lowest BCUT2D eigenvalue weighted by atomic mass is 9.89. The number of H-pyrrole nitrogens is 1. The number of nitrogens with one attached hydrogen (secondary N) is 1. The van der Waals surface area contributed by atoms with Gasteiger partial charge in [-0.05, 0) is 30.0 Å². The number of carbonyl (C=O) groups excluding carboxylic acids is 1. The number of carbonyl (C=O) groups is 1. The number of hydrogen-bond donors (Lipinski definition) is 2. The van der Waals surface area contributed by atoms with Crippen LogP contribution in [0.15, 0.2) is 36.7 Å². The normalized spacial score (nSPS) is 12.7. The second-order valence-corrected chi connectivity index (χ2v) is 8.29. The highest BCUT2D eigenvalue weighted by Gasteiger charge is 2.39. The molecule has 1 atom stereocenters. The number of nitrogens with two attached hydrogens (primary N) is 1. The Labute approximate surface area is 192 Å². The number of aromatic amines is 1. The Morgan fingerprint density at radius 1 is 1.21 bits per heavy atom. The Bertz CT molecular complexity index is 1120. The number of anilines is 2. The van der Waals surface area contributed by atoms with Crippen LogP contribution in [0, 0.1) is 11.7 Å². The van der Waals surface area contributed by atoms with Crippen LogP contribution in [0.25, 0.3) is 0 Å². The Kier molecular flexibility index (Phi) is 7.21. The van der Waals surface area contributed by atoms with Crippen LogP contribution in [-0.4, -0.2) is 32.6 Å². The summed E-state index contributed by atoms with van der Waals surface area (Å²) in [6, 6.07) is 6.91. The van der Waals surface area contributed by atoms with Gasteiger partial charge in [0.25, 0.3) is 5.91 Å². The lowest BCUT2D eigenvalue weighted by Gasteiger charge is -2.28. The van der Waals surface area contributed by atoms with Gasteiger partial charge in [-0.2, -0.15) is 23.3 Å². The van der Waals surface area contributed by atoms with Crippen molar-refractivity contribution in [2.24, 2.45) is 5.92 Å². The minimum absolute atomic E-state index is 0.0911. The average Bonchev–Trinajstić information content (AvgIpc) is 3.24. The number of nitrogens with zero attached hydrogens (tertiary/aromatic N) is 4. The van der Waals surface area contributed by atoms with Gasteiger partial charge in [-0.15, -0.1) is 0 Å². The predicted octanol–water partition coefficient (Wildman–Crippen LogP) is 5.07. The molecule has 0 aliphatic heterocycles. The Morgan fingerprint density at radius 3 is 2.45 bits per heavy atom. The number of alkyl halides is 3. The van der Waals surface area contributed by atoms with Crippen molar-refractivity contribution in [2.45, 2.75) is 32.4 Å². The molecule has 12 heteroatoms. The molecule has 0 bridgehead atoms. The van der Waals surface area contributed by atoms with E-state index in [0.29, 0.717) is 11.4 Å². The van der Waals surface area contributed by atoms with Crippen LogP contribution in [0.4, 0.5) is 29.3 Å². The van der Waals surface area contributed by atoms with E-state index in [4.69, 9.17) is 17.3 Å². The maximum absolute atomic E-state index is 13.7. The van der Waals surface area contributed by atoms with Crippen molar-refractivity contribution < 1.29 is 22.4 Å². The molecule has 0 saturated heterocycles. The molecule has 0 aliphatic carbocycles. The fraction of sp³-hybridized carbons (Fsp3) is 0.333. The van der Waals surface area contributed by atoms with E-state index in [1.807, 2.05) is 18.9 Å². The van der Waals surface area contributed by atoms with Crippen molar-refractivity contribution in [3.05, 3.63) is 64.3 Å². The largest absolute Gasteiger partial charge is 0.433 e. The number of rotatable bonds is 7. The second kappa shape index (κ2) is 9.74. The molecular weight excluding hydrogens is 464 g/mol. The first-order valence-corrected chi connectivity index (χ1v) is 10.3. The quantitative estimate of drug-likeness (QED) is 0.456. The molecule has 0 radical (unpaired) electrons. The summed E-state index contributed by atoms with van der Waals surface area (Å²) in [5, 5.41) is 5.71. The van der Waals surface area contributed by atoms with E-state index < -0.39 is 35.0 Å². The van der Waals surface area contributed by atoms with E-state index in [-0.39, 0.29) is 24.3 Å². The molecule has 0 fully saturated rings. The summed E-state index contributed by atoms with van der Waals surface area (Å²) < 4.78 is 53.9. The third-order valence-corrected chi connectivity index (χ3v) is 5.15. The van der Waals surface area contributed by atoms with Gasteiger partial charge in [0.15, 0.2) is 17.3 Å². The molecule has 1 aromatic carbocycles. The van der Waals surface area contributed by atoms with Gasteiger partial charge in [0.1, 0.15) is 0 Å². The van der Waals surface area contributed by atoms with Crippen LogP contribution < -0.4 is 10.6 Å². The van der Waals surface area contributed by atoms with E-state index in [1.54, 1.807) is 24.3 Å². The minimum Gasteiger partial charge on any atom is -0.381 e. The SMILES string of the molecule is CC(C)CC(CN(C(=O)c1cn[nH]c1C(F)(F)F)c1ncc(F)c(N)n1)c1ccc(Cl)cc1. The molecule has 1 amide bonds. The van der Waals surface area contributed by atoms with Crippen LogP contribution in [0.1, 0.15) is 47.8 Å². The molecular formula is C21H21ClF4N6O. The highest BCUT2D eigenvalue weighted by Crippen LogP contribution is 2.33. The molecule has 0 aliphatic rings. The first kappa shape index (κ1) is 24.4. The molecule has 176 valence electrons. The van der Waals surface area contributed by atoms with E-state index in [2.05, 4.69) is 15.1 Å². The van der Waals surface area contributed by atoms with Crippen LogP contribution in [0.5, 0.6) is 0 Å². The van der Waals surface area contributed by atoms with Gasteiger partial charge < -0.3 is 5.73 Å². The summed E-state index contributed by atoms with van der Waals surface area (Å²) in [6.07, 6.45) is -2.72. The van der Waals surface area contributed by atoms with Crippen molar-refractivity contribution in [3.63, 3.8) is 0 Å². The van der Waals surface area contributed by atoms with E-state index in [1.165, 1.54) is 0 Å². The number of benzene rings is 1. The molecule has 1 unspecified atom stereocenters. The van der Waals surface area contributed by atoms with E-state index in [0.717, 1.165) is 22.9 Å². The maximum Gasteiger partial charge on any atom is 0.433 e. The summed E-state index contributed by atoms with van der Waals surface area (Å²) in [5.41, 5.74) is 4.33. The van der Waals surface area contributed by atoms with E-state index in [9.17, 15) is 22.4 Å². The topological polar surface area (TPSA) is 101 Å². The minimum atomic E-state index is -4.84. The number of hydrogen-bond acceptors (Lipinski definition) is 5. The molecule has 2 aromatic heterocycles. The van der Waals surface area contributed by atoms with Crippen molar-refractivity contribution in [1.82, 2.24) is 20.2 Å². The number of nitrogen functional groups attached to an aromatic ring is 1. The zero-order chi connectivity index (χ0) is 24.3. The molecule has 3 aromatic rings. The van der Waals surface area contributed by atoms with Gasteiger partial charge in [0, 0.05) is 17.5 Å². The van der Waals surface area contributed by atoms with Crippen LogP contribution in [0.3, 0.4) is 0 Å². The number of amides is 1. The lowest BCUT2D eigenvalue weighted by Crippen LogP contribution is -2.37. The first-order chi connectivity index (χ1) is 15.5. The molecule has 2 heterocycles. The summed E-state index contributed by atoms with van der Waals surface area (Å²) in [7, 11) is 0. The second-order valence-electron chi connectivity index (χ2n) is 7.85. The molecule has 3 rings (SSSR count). The van der Waals surface area contributed by atoms with Crippen molar-refractivity contribution in [3.8, 4) is 0 Å². The van der Waals surface area contributed by atoms with Crippen LogP contribution in [-0.2, 0) is 6.18 Å². The Morgan fingerprint density at radius 2 is 1.88 bits per heavy atom. The maximum atomic E-state index is 13.7. The average molecular weight is 485 g/mol. The van der Waals surface area contributed by atoms with E-state index >= 15 is 0 Å². The van der Waals surface area contributed by atoms with Crippen LogP contribution >= 0.6 is 11.6 Å². The standard InChI is InChI=1S/C21H21ClF4N6O/c1-11(2)7-13(12-3-5-14(22)6-4-12)10-32(20-28-9-16(23)18(27)30-20)19(33)15-8-29-31-17(15)21(24,25)26/h3-6,8-9,11,13H,7,10H2,1-2H3,(H,29,31)(H2,27,28,30). The zero-order valence-corrected chi connectivity index (χ0v) is 18.5. The van der Waals surface area contributed by atoms with Crippen molar-refractivity contribution in [1.29, 1.82) is 0 Å². The van der Waals surface area contributed by atoms with Gasteiger partial charge in [-0.1, -0.05) is 37.6 Å². The third kappa shape index (κ3) is 5.78. The van der Waals surface area contributed by atoms with Gasteiger partial charge in [0.2, 0.25) is 5.95 Å². The predicted molar refractivity (Wildman–Crippen MR) is 115 cm³/mol. The van der Waals surface area contributed by atoms with Gasteiger partial charge in [0.05, 0.1) is 18.0 Å². The summed E-state index contributed by atoms with van der Waals surface area (Å²) in [4.78, 5) is 21.9. The number of halogens is 5. The lowest BCUT2D eigenvalue weighted by molar-refractivity contribution is -0.141. The summed E-state index contributed by atoms with van der Waals surface area (Å²) >= 11 is 5.98. The molecule has 0 spiro atoms. The third-order valence-electron chi connectivity index (χ3n) is 4.90. The molecule has 7 nitrogen and oxygen atoms in total. The molecule has 0 saturated carbocycles. The highest BCUT2D eigenvalue weighted by molar-refractivity contribution is 6.30. The smallest absolute Gasteiger partial charge is 0.381 e. The highest BCUT2D eigenvalue weighted by atomic mass is 35.5. The fourth-order valence-corrected chi connectivity index (χ4v) is 3.53. The van der Waals surface area contributed by atoms with Crippen molar-refractivity contribution in [2.75, 3.05) is 17.2 Å². The number of aromatic nitrogens is 4. The van der Waals surface area contributed by atoms with Gasteiger partial charge in [-0.3, -0.25) is 14.8 Å². The Balaban J connectivity index is 2.07. The van der Waals surface area contributed by atoms with Gasteiger partial charge >= 0.3 is 6.18 Å². The monoisotopic (exact) mass is 484 g/mol. The zero-order valence-electron chi connectivity index (χ0n) is 17.7. The molecule has 33 heavy (non-hydrogen) atoms. The fourth-order valence-electron chi connectivity index (χ4n) is 3.41. The van der Waals surface area contributed by atoms with Crippen molar-refractivity contribution >= 4 is 29.3 Å². The Hall–Kier alpha value is -3.21. The summed E-state index contributed by atoms with van der Waals surface area (Å²) in [5.74, 6) is -2.96. The van der Waals surface area contributed by atoms with Gasteiger partial charge in [-0.25, -0.2) is 9.37 Å². The molecule has 3 N–H and O–H groups in total. The first-order valence-electron chi connectivity index (χ1n) is 9.93. The van der Waals surface area contributed by atoms with Crippen LogP contribution in [0.2, 0.25) is 5.02 Å².